The molecular formula is C6H23O5PSi4. The highest BCUT2D eigenvalue weighted by Crippen LogP contribution is 2.11. The van der Waals surface area contributed by atoms with Crippen molar-refractivity contribution in [3.63, 3.8) is 0 Å². The molecular weight excluding hydrogens is 295 g/mol. The van der Waals surface area contributed by atoms with Crippen molar-refractivity contribution in [1.29, 1.82) is 0 Å². The zero-order valence-electron chi connectivity index (χ0n) is 10.6. The third-order valence-corrected chi connectivity index (χ3v) is 10.3. The molecule has 0 spiro atoms. The van der Waals surface area contributed by atoms with Gasteiger partial charge in [0.25, 0.3) is 0 Å². The van der Waals surface area contributed by atoms with Gasteiger partial charge in [-0.15, -0.1) is 0 Å². The van der Waals surface area contributed by atoms with Gasteiger partial charge in [-0.2, -0.15) is 0 Å². The van der Waals surface area contributed by atoms with E-state index in [0.29, 0.717) is 22.0 Å². The highest BCUT2D eigenvalue weighted by molar-refractivity contribution is 7.31. The second kappa shape index (κ2) is 11.2. The first-order valence-corrected chi connectivity index (χ1v) is 14.6. The molecule has 0 fully saturated rings. The Morgan fingerprint density at radius 3 is 1.81 bits per heavy atom. The van der Waals surface area contributed by atoms with Gasteiger partial charge in [0.05, 0.1) is 13.2 Å². The number of hydrogen-bond acceptors (Lipinski definition) is 5. The van der Waals surface area contributed by atoms with Crippen LogP contribution in [0.5, 0.6) is 0 Å². The average molecular weight is 319 g/mol. The maximum Gasteiger partial charge on any atom is 0.646 e. The van der Waals surface area contributed by atoms with Crippen LogP contribution in [0.3, 0.4) is 0 Å². The Hall–Kier alpha value is 1.10. The monoisotopic (exact) mass is 318 g/mol. The summed E-state index contributed by atoms with van der Waals surface area (Å²) in [6.45, 7) is 9.28. The van der Waals surface area contributed by atoms with Crippen LogP contribution in [-0.2, 0) is 21.3 Å². The van der Waals surface area contributed by atoms with Crippen molar-refractivity contribution in [3.05, 3.63) is 0 Å². The first-order valence-electron chi connectivity index (χ1n) is 5.59. The lowest BCUT2D eigenvalue weighted by atomic mass is 10.8. The molecule has 0 aromatic heterocycles. The summed E-state index contributed by atoms with van der Waals surface area (Å²) in [5.41, 5.74) is 0. The predicted molar refractivity (Wildman–Crippen MR) is 78.4 cm³/mol. The molecule has 0 aromatic carbocycles. The lowest BCUT2D eigenvalue weighted by Gasteiger charge is -2.28. The smallest absolute Gasteiger partial charge is 0.401 e. The van der Waals surface area contributed by atoms with E-state index in [0.717, 1.165) is 0 Å². The van der Waals surface area contributed by atoms with Crippen molar-refractivity contribution in [2.75, 3.05) is 19.9 Å². The van der Waals surface area contributed by atoms with Gasteiger partial charge >= 0.3 is 9.05 Å². The average Bonchev–Trinajstić information content (AvgIpc) is 2.26. The number of hydrogen-bond donors (Lipinski definition) is 0. The van der Waals surface area contributed by atoms with Crippen molar-refractivity contribution < 1.29 is 21.3 Å². The molecule has 98 valence electrons. The molecule has 1 unspecified atom stereocenters. The maximum absolute atomic E-state index is 5.72. The summed E-state index contributed by atoms with van der Waals surface area (Å²) in [6.07, 6.45) is 0. The second-order valence-electron chi connectivity index (χ2n) is 2.70. The van der Waals surface area contributed by atoms with E-state index in [4.69, 9.17) is 21.3 Å². The topological polar surface area (TPSA) is 46.2 Å². The molecule has 0 N–H and O–H groups in total. The van der Waals surface area contributed by atoms with Crippen molar-refractivity contribution in [2.45, 2.75) is 19.6 Å². The van der Waals surface area contributed by atoms with E-state index in [1.807, 2.05) is 6.66 Å². The van der Waals surface area contributed by atoms with Crippen molar-refractivity contribution in [2.24, 2.45) is 0 Å². The Bertz CT molecular complexity index is 149. The zero-order chi connectivity index (χ0) is 12.3. The van der Waals surface area contributed by atoms with Crippen LogP contribution in [0.1, 0.15) is 0 Å². The first kappa shape index (κ1) is 17.1. The van der Waals surface area contributed by atoms with Crippen LogP contribution in [-0.4, -0.2) is 58.2 Å². The summed E-state index contributed by atoms with van der Waals surface area (Å²) in [6, 6.07) is 0. The fraction of sp³-hybridized carbons (Fsp3) is 1.00. The molecule has 0 saturated heterocycles. The van der Waals surface area contributed by atoms with Gasteiger partial charge in [0.1, 0.15) is 0 Å². The Morgan fingerprint density at radius 2 is 1.44 bits per heavy atom. The van der Waals surface area contributed by atoms with Gasteiger partial charge < -0.3 is 21.3 Å². The molecule has 16 heavy (non-hydrogen) atoms. The molecule has 0 aliphatic carbocycles. The fourth-order valence-corrected chi connectivity index (χ4v) is 10.2. The van der Waals surface area contributed by atoms with Gasteiger partial charge in [0, 0.05) is 8.81 Å². The molecule has 0 aliphatic rings. The third kappa shape index (κ3) is 7.43. The van der Waals surface area contributed by atoms with E-state index in [2.05, 4.69) is 19.6 Å². The van der Waals surface area contributed by atoms with E-state index >= 15 is 0 Å². The Balaban J connectivity index is 4.12. The van der Waals surface area contributed by atoms with Gasteiger partial charge in [-0.1, -0.05) is 19.6 Å². The lowest BCUT2D eigenvalue weighted by molar-refractivity contribution is 0.0835. The SMILES string of the molecule is C[SiH2]O[Si](OCCOPC)(O[SiH2]C)O[SiH2]C. The fourth-order valence-electron chi connectivity index (χ4n) is 1.09. The van der Waals surface area contributed by atoms with Crippen LogP contribution >= 0.6 is 8.81 Å². The van der Waals surface area contributed by atoms with Crippen molar-refractivity contribution >= 4 is 47.1 Å². The van der Waals surface area contributed by atoms with E-state index in [9.17, 15) is 0 Å². The summed E-state index contributed by atoms with van der Waals surface area (Å²) in [7, 11) is -3.98. The Morgan fingerprint density at radius 1 is 0.938 bits per heavy atom. The van der Waals surface area contributed by atoms with E-state index < -0.39 is 38.3 Å². The van der Waals surface area contributed by atoms with Gasteiger partial charge in [0.2, 0.25) is 0 Å². The normalized spacial score (nSPS) is 18.0. The molecule has 5 nitrogen and oxygen atoms in total. The van der Waals surface area contributed by atoms with Crippen LogP contribution in [0, 0.1) is 0 Å². The summed E-state index contributed by atoms with van der Waals surface area (Å²) in [5.74, 6) is 0. The summed E-state index contributed by atoms with van der Waals surface area (Å²) in [4.78, 5) is 0. The number of rotatable bonds is 11. The molecule has 0 bridgehead atoms. The molecule has 10 heteroatoms. The largest absolute Gasteiger partial charge is 0.646 e. The van der Waals surface area contributed by atoms with Crippen molar-refractivity contribution in [1.82, 2.24) is 0 Å². The molecule has 0 saturated carbocycles. The Kier molecular flexibility index (Phi) is 12.0. The first-order chi connectivity index (χ1) is 7.74. The molecule has 0 rings (SSSR count). The maximum atomic E-state index is 5.72. The summed E-state index contributed by atoms with van der Waals surface area (Å²) in [5, 5.41) is 0. The predicted octanol–water partition coefficient (Wildman–Crippen LogP) is -0.876. The van der Waals surface area contributed by atoms with Gasteiger partial charge in [-0.05, 0) is 6.66 Å². The second-order valence-corrected chi connectivity index (χ2v) is 9.88. The van der Waals surface area contributed by atoms with Crippen LogP contribution in [0.25, 0.3) is 0 Å². The third-order valence-electron chi connectivity index (χ3n) is 1.57. The van der Waals surface area contributed by atoms with Gasteiger partial charge in [-0.3, -0.25) is 0 Å². The minimum atomic E-state index is -2.74. The van der Waals surface area contributed by atoms with Gasteiger partial charge in [0.15, 0.2) is 29.3 Å². The molecule has 0 aliphatic heterocycles. The van der Waals surface area contributed by atoms with E-state index in [-0.39, 0.29) is 0 Å². The quantitative estimate of drug-likeness (QED) is 0.281. The molecule has 1 atom stereocenters. The highest BCUT2D eigenvalue weighted by atomic mass is 31.1. The van der Waals surface area contributed by atoms with Crippen LogP contribution in [0.4, 0.5) is 0 Å². The van der Waals surface area contributed by atoms with Crippen LogP contribution < -0.4 is 0 Å². The van der Waals surface area contributed by atoms with Crippen molar-refractivity contribution in [3.8, 4) is 0 Å². The zero-order valence-corrected chi connectivity index (χ0v) is 16.8. The van der Waals surface area contributed by atoms with Crippen LogP contribution in [0.15, 0.2) is 0 Å². The standard InChI is InChI=1S/C6H23O5PSi4/c1-12-7-5-6-8-16(9-13-2,10-14-3)11-15-4/h12H,5-6,13-15H2,1-4H3. The lowest BCUT2D eigenvalue weighted by Crippen LogP contribution is -2.51. The highest BCUT2D eigenvalue weighted by Gasteiger charge is 2.42. The van der Waals surface area contributed by atoms with Gasteiger partial charge in [-0.25, -0.2) is 0 Å². The van der Waals surface area contributed by atoms with Crippen LogP contribution in [0.2, 0.25) is 19.6 Å². The summed E-state index contributed by atoms with van der Waals surface area (Å²) >= 11 is 0. The minimum Gasteiger partial charge on any atom is -0.401 e. The molecule has 0 heterocycles. The summed E-state index contributed by atoms with van der Waals surface area (Å²) < 4.78 is 28.1. The van der Waals surface area contributed by atoms with E-state index in [1.54, 1.807) is 0 Å². The van der Waals surface area contributed by atoms with E-state index in [1.165, 1.54) is 0 Å². The Labute approximate surface area is 108 Å². The minimum absolute atomic E-state index is 0.493. The molecule has 0 radical (unpaired) electrons. The molecule has 0 aromatic rings. The molecule has 0 amide bonds.